The first-order chi connectivity index (χ1) is 7.24. The van der Waals surface area contributed by atoms with Crippen LogP contribution < -0.4 is 0 Å². The highest BCUT2D eigenvalue weighted by molar-refractivity contribution is 5.48. The number of hydrogen-bond acceptors (Lipinski definition) is 1. The van der Waals surface area contributed by atoms with Gasteiger partial charge in [-0.2, -0.15) is 0 Å². The van der Waals surface area contributed by atoms with Crippen molar-refractivity contribution in [2.24, 2.45) is 5.92 Å². The van der Waals surface area contributed by atoms with Crippen LogP contribution in [0.2, 0.25) is 0 Å². The molecule has 2 atom stereocenters. The smallest absolute Gasteiger partial charge is 0.0634 e. The Morgan fingerprint density at radius 1 is 1.33 bits per heavy atom. The first-order valence-corrected chi connectivity index (χ1v) is 5.26. The molecule has 1 nitrogen and oxygen atoms in total. The maximum absolute atomic E-state index is 9.67. The molecule has 0 radical (unpaired) electrons. The van der Waals surface area contributed by atoms with Crippen LogP contribution in [0.1, 0.15) is 18.9 Å². The van der Waals surface area contributed by atoms with Gasteiger partial charge < -0.3 is 5.11 Å². The van der Waals surface area contributed by atoms with Gasteiger partial charge in [-0.1, -0.05) is 55.5 Å². The number of benzene rings is 1. The predicted octanol–water partition coefficient (Wildman–Crippen LogP) is 3.27. The zero-order chi connectivity index (χ0) is 11.1. The van der Waals surface area contributed by atoms with Crippen LogP contribution in [-0.2, 0) is 0 Å². The average Bonchev–Trinajstić information content (AvgIpc) is 2.29. The molecule has 15 heavy (non-hydrogen) atoms. The minimum Gasteiger partial charge on any atom is -0.392 e. The third kappa shape index (κ3) is 4.13. The average molecular weight is 202 g/mol. The summed E-state index contributed by atoms with van der Waals surface area (Å²) in [6, 6.07) is 10.1. The molecule has 1 aromatic rings. The molecular formula is C14H18O. The van der Waals surface area contributed by atoms with Gasteiger partial charge in [0, 0.05) is 0 Å². The second-order valence-electron chi connectivity index (χ2n) is 3.71. The summed E-state index contributed by atoms with van der Waals surface area (Å²) in [4.78, 5) is 0. The monoisotopic (exact) mass is 202 g/mol. The van der Waals surface area contributed by atoms with Crippen molar-refractivity contribution >= 4 is 6.08 Å². The Bertz CT molecular complexity index is 313. The van der Waals surface area contributed by atoms with Gasteiger partial charge in [-0.25, -0.2) is 0 Å². The third-order valence-corrected chi connectivity index (χ3v) is 2.47. The minimum atomic E-state index is -0.331. The van der Waals surface area contributed by atoms with Crippen LogP contribution in [0.4, 0.5) is 0 Å². The van der Waals surface area contributed by atoms with Crippen LogP contribution in [0.25, 0.3) is 6.08 Å². The van der Waals surface area contributed by atoms with Gasteiger partial charge in [-0.3, -0.25) is 0 Å². The lowest BCUT2D eigenvalue weighted by Gasteiger charge is -2.12. The van der Waals surface area contributed by atoms with E-state index in [1.54, 1.807) is 6.08 Å². The van der Waals surface area contributed by atoms with Gasteiger partial charge in [0.25, 0.3) is 0 Å². The van der Waals surface area contributed by atoms with Crippen molar-refractivity contribution in [3.8, 4) is 0 Å². The Hall–Kier alpha value is -1.34. The zero-order valence-electron chi connectivity index (χ0n) is 9.13. The van der Waals surface area contributed by atoms with Gasteiger partial charge in [0.2, 0.25) is 0 Å². The van der Waals surface area contributed by atoms with Crippen LogP contribution in [-0.4, -0.2) is 11.2 Å². The highest BCUT2D eigenvalue weighted by Gasteiger charge is 2.07. The molecule has 0 saturated heterocycles. The van der Waals surface area contributed by atoms with Gasteiger partial charge in [0.15, 0.2) is 0 Å². The Kier molecular flexibility index (Phi) is 4.85. The lowest BCUT2D eigenvalue weighted by atomic mass is 10.0. The van der Waals surface area contributed by atoms with Crippen LogP contribution in [0.5, 0.6) is 0 Å². The Labute approximate surface area is 91.8 Å². The predicted molar refractivity (Wildman–Crippen MR) is 65.5 cm³/mol. The van der Waals surface area contributed by atoms with E-state index in [0.29, 0.717) is 6.42 Å². The molecule has 1 heteroatoms. The second kappa shape index (κ2) is 6.20. The summed E-state index contributed by atoms with van der Waals surface area (Å²) in [5, 5.41) is 9.67. The lowest BCUT2D eigenvalue weighted by Crippen LogP contribution is -2.13. The van der Waals surface area contributed by atoms with E-state index < -0.39 is 0 Å². The van der Waals surface area contributed by atoms with E-state index in [9.17, 15) is 5.11 Å². The Morgan fingerprint density at radius 2 is 2.00 bits per heavy atom. The fourth-order valence-corrected chi connectivity index (χ4v) is 1.28. The lowest BCUT2D eigenvalue weighted by molar-refractivity contribution is 0.141. The van der Waals surface area contributed by atoms with Crippen molar-refractivity contribution < 1.29 is 5.11 Å². The van der Waals surface area contributed by atoms with E-state index >= 15 is 0 Å². The number of aliphatic hydroxyl groups is 1. The number of hydrogen-bond donors (Lipinski definition) is 1. The van der Waals surface area contributed by atoms with Crippen molar-refractivity contribution in [3.05, 3.63) is 54.6 Å². The van der Waals surface area contributed by atoms with Crippen LogP contribution in [0.3, 0.4) is 0 Å². The van der Waals surface area contributed by atoms with Crippen molar-refractivity contribution in [1.82, 2.24) is 0 Å². The molecule has 0 heterocycles. The topological polar surface area (TPSA) is 20.2 Å². The summed E-state index contributed by atoms with van der Waals surface area (Å²) >= 11 is 0. The molecule has 0 spiro atoms. The molecule has 80 valence electrons. The van der Waals surface area contributed by atoms with Crippen LogP contribution >= 0.6 is 0 Å². The molecule has 0 bridgehead atoms. The zero-order valence-corrected chi connectivity index (χ0v) is 9.13. The van der Waals surface area contributed by atoms with E-state index in [1.807, 2.05) is 49.4 Å². The maximum atomic E-state index is 9.67. The quantitative estimate of drug-likeness (QED) is 0.726. The normalized spacial score (nSPS) is 15.1. The summed E-state index contributed by atoms with van der Waals surface area (Å²) in [6.07, 6.45) is 6.14. The fourth-order valence-electron chi connectivity index (χ4n) is 1.28. The van der Waals surface area contributed by atoms with Gasteiger partial charge in [0.1, 0.15) is 0 Å². The number of aliphatic hydroxyl groups excluding tert-OH is 1. The van der Waals surface area contributed by atoms with E-state index in [-0.39, 0.29) is 12.0 Å². The molecule has 0 saturated carbocycles. The molecule has 1 N–H and O–H groups in total. The van der Waals surface area contributed by atoms with Gasteiger partial charge >= 0.3 is 0 Å². The first kappa shape index (κ1) is 11.7. The largest absolute Gasteiger partial charge is 0.392 e. The van der Waals surface area contributed by atoms with Crippen LogP contribution in [0.15, 0.2) is 49.1 Å². The molecule has 0 aliphatic rings. The van der Waals surface area contributed by atoms with Gasteiger partial charge in [-0.05, 0) is 17.9 Å². The van der Waals surface area contributed by atoms with E-state index in [1.165, 1.54) is 0 Å². The highest BCUT2D eigenvalue weighted by Crippen LogP contribution is 2.10. The fraction of sp³-hybridized carbons (Fsp3) is 0.286. The van der Waals surface area contributed by atoms with Crippen molar-refractivity contribution in [2.75, 3.05) is 0 Å². The van der Waals surface area contributed by atoms with E-state index in [2.05, 4.69) is 6.58 Å². The van der Waals surface area contributed by atoms with E-state index in [4.69, 9.17) is 0 Å². The summed E-state index contributed by atoms with van der Waals surface area (Å²) in [5.41, 5.74) is 1.16. The summed E-state index contributed by atoms with van der Waals surface area (Å²) in [6.45, 7) is 5.63. The molecule has 0 unspecified atom stereocenters. The molecule has 0 amide bonds. The highest BCUT2D eigenvalue weighted by atomic mass is 16.3. The van der Waals surface area contributed by atoms with Crippen molar-refractivity contribution in [3.63, 3.8) is 0 Å². The molecule has 0 aliphatic heterocycles. The molecule has 1 aromatic carbocycles. The summed E-state index contributed by atoms with van der Waals surface area (Å²) in [5.74, 6) is 0.144. The molecule has 0 fully saturated rings. The standard InChI is InChI=1S/C14H18O/c1-3-12(2)14(15)11-7-10-13-8-5-4-6-9-13/h3-10,12,14-15H,1,11H2,2H3/b10-7+/t12-,14-/m1/s1. The van der Waals surface area contributed by atoms with Gasteiger partial charge in [0.05, 0.1) is 6.10 Å². The van der Waals surface area contributed by atoms with Crippen molar-refractivity contribution in [1.29, 1.82) is 0 Å². The molecule has 0 aromatic heterocycles. The number of rotatable bonds is 5. The van der Waals surface area contributed by atoms with Crippen LogP contribution in [0, 0.1) is 5.92 Å². The SMILES string of the molecule is C=C[C@@H](C)[C@H](O)C/C=C/c1ccccc1. The Balaban J connectivity index is 2.43. The van der Waals surface area contributed by atoms with E-state index in [0.717, 1.165) is 5.56 Å². The summed E-state index contributed by atoms with van der Waals surface area (Å²) < 4.78 is 0. The van der Waals surface area contributed by atoms with Gasteiger partial charge in [-0.15, -0.1) is 6.58 Å². The Morgan fingerprint density at radius 3 is 2.60 bits per heavy atom. The van der Waals surface area contributed by atoms with Crippen molar-refractivity contribution in [2.45, 2.75) is 19.4 Å². The molecular weight excluding hydrogens is 184 g/mol. The first-order valence-electron chi connectivity index (χ1n) is 5.26. The third-order valence-electron chi connectivity index (χ3n) is 2.47. The molecule has 0 aliphatic carbocycles. The minimum absolute atomic E-state index is 0.144. The second-order valence-corrected chi connectivity index (χ2v) is 3.71. The maximum Gasteiger partial charge on any atom is 0.0634 e. The molecule has 1 rings (SSSR count). The summed E-state index contributed by atoms with van der Waals surface area (Å²) in [7, 11) is 0.